The maximum absolute atomic E-state index is 11.5. The summed E-state index contributed by atoms with van der Waals surface area (Å²) in [6.07, 6.45) is 3.82. The average Bonchev–Trinajstić information content (AvgIpc) is 2.68. The Morgan fingerprint density at radius 2 is 1.88 bits per heavy atom. The normalized spacial score (nSPS) is 11.6. The number of hydrogen-bond donors (Lipinski definition) is 1. The average molecular weight is 350 g/mol. The molecule has 0 saturated heterocycles. The zero-order valence-electron chi connectivity index (χ0n) is 14.9. The molecule has 5 heteroatoms. The molecule has 2 aromatic rings. The molecule has 134 valence electrons. The first-order chi connectivity index (χ1) is 12.7. The van der Waals surface area contributed by atoms with E-state index in [1.807, 2.05) is 36.4 Å². The van der Waals surface area contributed by atoms with Gasteiger partial charge in [-0.3, -0.25) is 0 Å². The number of benzene rings is 2. The third kappa shape index (κ3) is 5.67. The summed E-state index contributed by atoms with van der Waals surface area (Å²) in [5.41, 5.74) is 2.57. The number of hydrogen-bond acceptors (Lipinski definition) is 5. The summed E-state index contributed by atoms with van der Waals surface area (Å²) in [5.74, 6) is 0.434. The topological polar surface area (TPSA) is 71.3 Å². The number of carbonyl (C=O) groups is 1. The Balaban J connectivity index is 2.16. The highest BCUT2D eigenvalue weighted by Gasteiger charge is 2.11. The van der Waals surface area contributed by atoms with Gasteiger partial charge in [0.15, 0.2) is 0 Å². The number of anilines is 1. The van der Waals surface area contributed by atoms with Crippen LogP contribution in [-0.2, 0) is 9.53 Å². The summed E-state index contributed by atoms with van der Waals surface area (Å²) in [4.78, 5) is 11.5. The van der Waals surface area contributed by atoms with E-state index in [-0.39, 0.29) is 12.0 Å². The second-order valence-electron chi connectivity index (χ2n) is 5.55. The highest BCUT2D eigenvalue weighted by Crippen LogP contribution is 2.25. The first kappa shape index (κ1) is 19.1. The van der Waals surface area contributed by atoms with Crippen LogP contribution in [0.1, 0.15) is 30.5 Å². The number of esters is 1. The number of carbonyl (C=O) groups excluding carboxylic acids is 1. The van der Waals surface area contributed by atoms with Gasteiger partial charge in [-0.1, -0.05) is 18.2 Å². The zero-order valence-corrected chi connectivity index (χ0v) is 14.9. The highest BCUT2D eigenvalue weighted by atomic mass is 16.5. The molecule has 0 saturated carbocycles. The minimum absolute atomic E-state index is 0.0539. The van der Waals surface area contributed by atoms with E-state index in [0.29, 0.717) is 18.6 Å². The SMILES string of the molecule is CCOC(=O)/C=C/C[C@H](Nc1ccc(OC)cc1)c1ccc(C#N)cc1. The maximum atomic E-state index is 11.5. The summed E-state index contributed by atoms with van der Waals surface area (Å²) in [6, 6.07) is 17.1. The van der Waals surface area contributed by atoms with Gasteiger partial charge in [0.05, 0.1) is 31.4 Å². The van der Waals surface area contributed by atoms with E-state index in [9.17, 15) is 4.79 Å². The Morgan fingerprint density at radius 3 is 2.46 bits per heavy atom. The predicted molar refractivity (Wildman–Crippen MR) is 101 cm³/mol. The minimum Gasteiger partial charge on any atom is -0.497 e. The van der Waals surface area contributed by atoms with Crippen LogP contribution in [0.4, 0.5) is 5.69 Å². The quantitative estimate of drug-likeness (QED) is 0.570. The lowest BCUT2D eigenvalue weighted by molar-refractivity contribution is -0.137. The summed E-state index contributed by atoms with van der Waals surface area (Å²) in [6.45, 7) is 2.13. The van der Waals surface area contributed by atoms with Crippen molar-refractivity contribution in [2.45, 2.75) is 19.4 Å². The van der Waals surface area contributed by atoms with Crippen molar-refractivity contribution in [3.05, 3.63) is 71.8 Å². The zero-order chi connectivity index (χ0) is 18.8. The molecule has 0 bridgehead atoms. The molecule has 0 amide bonds. The lowest BCUT2D eigenvalue weighted by Gasteiger charge is -2.19. The molecular formula is C21H22N2O3. The summed E-state index contributed by atoms with van der Waals surface area (Å²) in [7, 11) is 1.63. The van der Waals surface area contributed by atoms with E-state index < -0.39 is 0 Å². The molecule has 0 unspecified atom stereocenters. The Kier molecular flexibility index (Phi) is 7.26. The Morgan fingerprint density at radius 1 is 1.19 bits per heavy atom. The second-order valence-corrected chi connectivity index (χ2v) is 5.55. The summed E-state index contributed by atoms with van der Waals surface area (Å²) < 4.78 is 10.1. The van der Waals surface area contributed by atoms with Crippen LogP contribution in [0.2, 0.25) is 0 Å². The van der Waals surface area contributed by atoms with Crippen LogP contribution >= 0.6 is 0 Å². The van der Waals surface area contributed by atoms with E-state index in [4.69, 9.17) is 14.7 Å². The van der Waals surface area contributed by atoms with Gasteiger partial charge < -0.3 is 14.8 Å². The smallest absolute Gasteiger partial charge is 0.330 e. The van der Waals surface area contributed by atoms with Crippen LogP contribution in [0, 0.1) is 11.3 Å². The lowest BCUT2D eigenvalue weighted by Crippen LogP contribution is -2.10. The molecule has 2 aromatic carbocycles. The third-order valence-electron chi connectivity index (χ3n) is 3.79. The first-order valence-electron chi connectivity index (χ1n) is 8.40. The molecular weight excluding hydrogens is 328 g/mol. The van der Waals surface area contributed by atoms with Gasteiger partial charge in [-0.15, -0.1) is 0 Å². The predicted octanol–water partition coefficient (Wildman–Crippen LogP) is 4.23. The van der Waals surface area contributed by atoms with Gasteiger partial charge in [0, 0.05) is 11.8 Å². The Labute approximate surface area is 153 Å². The second kappa shape index (κ2) is 9.90. The van der Waals surface area contributed by atoms with Gasteiger partial charge in [0.1, 0.15) is 5.75 Å². The number of methoxy groups -OCH3 is 1. The Bertz CT molecular complexity index is 774. The summed E-state index contributed by atoms with van der Waals surface area (Å²) >= 11 is 0. The van der Waals surface area contributed by atoms with Gasteiger partial charge in [0.2, 0.25) is 0 Å². The van der Waals surface area contributed by atoms with Crippen LogP contribution < -0.4 is 10.1 Å². The molecule has 2 rings (SSSR count). The van der Waals surface area contributed by atoms with E-state index in [2.05, 4.69) is 11.4 Å². The molecule has 0 heterocycles. The largest absolute Gasteiger partial charge is 0.497 e. The molecule has 0 aliphatic carbocycles. The van der Waals surface area contributed by atoms with Crippen molar-refractivity contribution >= 4 is 11.7 Å². The van der Waals surface area contributed by atoms with Crippen molar-refractivity contribution in [1.29, 1.82) is 5.26 Å². The molecule has 1 N–H and O–H groups in total. The van der Waals surface area contributed by atoms with Crippen molar-refractivity contribution in [2.24, 2.45) is 0 Å². The fourth-order valence-electron chi connectivity index (χ4n) is 2.45. The number of nitriles is 1. The standard InChI is InChI=1S/C21H22N2O3/c1-3-26-21(24)6-4-5-20(17-9-7-16(15-22)8-10-17)23-18-11-13-19(25-2)14-12-18/h4,6-14,20,23H,3,5H2,1-2H3/b6-4+/t20-/m0/s1. The van der Waals surface area contributed by atoms with Crippen LogP contribution in [0.3, 0.4) is 0 Å². The van der Waals surface area contributed by atoms with Gasteiger partial charge in [-0.05, 0) is 55.3 Å². The van der Waals surface area contributed by atoms with Crippen molar-refractivity contribution in [1.82, 2.24) is 0 Å². The minimum atomic E-state index is -0.351. The van der Waals surface area contributed by atoms with E-state index in [0.717, 1.165) is 17.0 Å². The van der Waals surface area contributed by atoms with E-state index in [1.54, 1.807) is 32.2 Å². The molecule has 0 spiro atoms. The van der Waals surface area contributed by atoms with Crippen LogP contribution in [0.5, 0.6) is 5.75 Å². The van der Waals surface area contributed by atoms with Crippen LogP contribution in [0.25, 0.3) is 0 Å². The molecule has 0 fully saturated rings. The monoisotopic (exact) mass is 350 g/mol. The molecule has 1 atom stereocenters. The number of ether oxygens (including phenoxy) is 2. The van der Waals surface area contributed by atoms with Gasteiger partial charge in [-0.25, -0.2) is 4.79 Å². The summed E-state index contributed by atoms with van der Waals surface area (Å²) in [5, 5.41) is 12.4. The molecule has 0 aromatic heterocycles. The lowest BCUT2D eigenvalue weighted by atomic mass is 10.0. The number of rotatable bonds is 8. The highest BCUT2D eigenvalue weighted by molar-refractivity contribution is 5.81. The van der Waals surface area contributed by atoms with E-state index >= 15 is 0 Å². The molecule has 5 nitrogen and oxygen atoms in total. The van der Waals surface area contributed by atoms with Crippen LogP contribution in [0.15, 0.2) is 60.7 Å². The van der Waals surface area contributed by atoms with Gasteiger partial charge in [-0.2, -0.15) is 5.26 Å². The van der Waals surface area contributed by atoms with Crippen molar-refractivity contribution in [3.8, 4) is 11.8 Å². The third-order valence-corrected chi connectivity index (χ3v) is 3.79. The van der Waals surface area contributed by atoms with Gasteiger partial charge >= 0.3 is 5.97 Å². The fourth-order valence-corrected chi connectivity index (χ4v) is 2.45. The van der Waals surface area contributed by atoms with Crippen molar-refractivity contribution < 1.29 is 14.3 Å². The molecule has 26 heavy (non-hydrogen) atoms. The molecule has 0 aliphatic rings. The number of nitrogens with one attached hydrogen (secondary N) is 1. The first-order valence-corrected chi connectivity index (χ1v) is 8.40. The van der Waals surface area contributed by atoms with E-state index in [1.165, 1.54) is 6.08 Å². The Hall–Kier alpha value is -3.26. The molecule has 0 radical (unpaired) electrons. The maximum Gasteiger partial charge on any atom is 0.330 e. The fraction of sp³-hybridized carbons (Fsp3) is 0.238. The van der Waals surface area contributed by atoms with Crippen LogP contribution in [-0.4, -0.2) is 19.7 Å². The van der Waals surface area contributed by atoms with Crippen molar-refractivity contribution in [3.63, 3.8) is 0 Å². The van der Waals surface area contributed by atoms with Crippen molar-refractivity contribution in [2.75, 3.05) is 19.0 Å². The van der Waals surface area contributed by atoms with Gasteiger partial charge in [0.25, 0.3) is 0 Å². The molecule has 0 aliphatic heterocycles. The number of nitrogens with zero attached hydrogens (tertiary/aromatic N) is 1.